The summed E-state index contributed by atoms with van der Waals surface area (Å²) in [6.45, 7) is 7.71. The monoisotopic (exact) mass is 498 g/mol. The maximum atomic E-state index is 12.6. The number of aryl methyl sites for hydroxylation is 1. The standard InChI is InChI=1S/C30H34N4O3/c1-6-23-19-34-25(21-11-8-7-9-12-21)24(32-26(34)27(31-23)36-5)20-13-15-22(16-14-20)30(17-10-18-30)33-28(35)37-29(2,3)4/h7-9,11-16,19H,6,10,17-18H2,1-5H3,(H,33,35). The van der Waals surface area contributed by atoms with Crippen LogP contribution in [0.15, 0.2) is 60.8 Å². The van der Waals surface area contributed by atoms with E-state index in [1.54, 1.807) is 7.11 Å². The Morgan fingerprint density at radius 1 is 1.03 bits per heavy atom. The van der Waals surface area contributed by atoms with E-state index >= 15 is 0 Å². The first-order valence-corrected chi connectivity index (χ1v) is 12.9. The maximum absolute atomic E-state index is 12.6. The molecule has 0 radical (unpaired) electrons. The summed E-state index contributed by atoms with van der Waals surface area (Å²) in [6.07, 6.45) is 5.29. The number of ether oxygens (including phenoxy) is 2. The van der Waals surface area contributed by atoms with Gasteiger partial charge in [0.1, 0.15) is 5.60 Å². The van der Waals surface area contributed by atoms with Gasteiger partial charge < -0.3 is 14.8 Å². The van der Waals surface area contributed by atoms with Crippen LogP contribution in [0.25, 0.3) is 28.2 Å². The molecule has 1 amide bonds. The Morgan fingerprint density at radius 2 is 1.73 bits per heavy atom. The van der Waals surface area contributed by atoms with Crippen molar-refractivity contribution in [2.45, 2.75) is 64.5 Å². The van der Waals surface area contributed by atoms with Gasteiger partial charge in [0.05, 0.1) is 29.7 Å². The number of fused-ring (bicyclic) bond motifs is 1. The molecule has 1 aliphatic carbocycles. The summed E-state index contributed by atoms with van der Waals surface area (Å²) in [5, 5.41) is 3.14. The topological polar surface area (TPSA) is 77.8 Å². The zero-order valence-electron chi connectivity index (χ0n) is 22.2. The summed E-state index contributed by atoms with van der Waals surface area (Å²) in [6, 6.07) is 18.6. The highest BCUT2D eigenvalue weighted by molar-refractivity contribution is 5.83. The first-order valence-electron chi connectivity index (χ1n) is 12.9. The van der Waals surface area contributed by atoms with Crippen molar-refractivity contribution < 1.29 is 14.3 Å². The summed E-state index contributed by atoms with van der Waals surface area (Å²) in [7, 11) is 1.63. The molecule has 1 N–H and O–H groups in total. The van der Waals surface area contributed by atoms with Gasteiger partial charge in [-0.05, 0) is 52.0 Å². The van der Waals surface area contributed by atoms with Crippen LogP contribution in [0.3, 0.4) is 0 Å². The SMILES string of the molecule is CCc1cn2c(-c3ccccc3)c(-c3ccc(C4(NC(=O)OC(C)(C)C)CCC4)cc3)nc2c(OC)n1. The average Bonchev–Trinajstić information content (AvgIpc) is 3.24. The van der Waals surface area contributed by atoms with Crippen LogP contribution in [0.2, 0.25) is 0 Å². The normalized spacial score (nSPS) is 14.7. The summed E-state index contributed by atoms with van der Waals surface area (Å²) in [5.41, 5.74) is 5.64. The predicted molar refractivity (Wildman–Crippen MR) is 145 cm³/mol. The molecule has 1 saturated carbocycles. The molecule has 2 heterocycles. The lowest BCUT2D eigenvalue weighted by atomic mass is 9.71. The van der Waals surface area contributed by atoms with Crippen LogP contribution in [0.5, 0.6) is 5.88 Å². The van der Waals surface area contributed by atoms with Gasteiger partial charge in [0.15, 0.2) is 0 Å². The molecule has 0 saturated heterocycles. The minimum Gasteiger partial charge on any atom is -0.478 e. The summed E-state index contributed by atoms with van der Waals surface area (Å²) in [5.74, 6) is 0.509. The molecule has 5 rings (SSSR count). The summed E-state index contributed by atoms with van der Waals surface area (Å²) in [4.78, 5) is 22.2. The maximum Gasteiger partial charge on any atom is 0.408 e. The number of rotatable bonds is 6. The van der Waals surface area contributed by atoms with Crippen molar-refractivity contribution >= 4 is 11.7 Å². The zero-order valence-corrected chi connectivity index (χ0v) is 22.2. The second-order valence-corrected chi connectivity index (χ2v) is 10.6. The fourth-order valence-corrected chi connectivity index (χ4v) is 4.91. The van der Waals surface area contributed by atoms with Gasteiger partial charge in [-0.3, -0.25) is 4.40 Å². The first-order chi connectivity index (χ1) is 17.7. The van der Waals surface area contributed by atoms with E-state index in [-0.39, 0.29) is 6.09 Å². The number of carbonyl (C=O) groups is 1. The van der Waals surface area contributed by atoms with Crippen LogP contribution < -0.4 is 10.1 Å². The fourth-order valence-electron chi connectivity index (χ4n) is 4.91. The van der Waals surface area contributed by atoms with E-state index in [1.165, 1.54) is 0 Å². The quantitative estimate of drug-likeness (QED) is 0.327. The lowest BCUT2D eigenvalue weighted by molar-refractivity contribution is 0.0377. The van der Waals surface area contributed by atoms with E-state index in [4.69, 9.17) is 14.5 Å². The van der Waals surface area contributed by atoms with E-state index in [2.05, 4.69) is 58.0 Å². The number of alkyl carbamates (subject to hydrolysis) is 1. The Bertz CT molecular complexity index is 1420. The highest BCUT2D eigenvalue weighted by Crippen LogP contribution is 2.43. The third-order valence-electron chi connectivity index (χ3n) is 6.89. The van der Waals surface area contributed by atoms with Gasteiger partial charge in [0.25, 0.3) is 5.88 Å². The van der Waals surface area contributed by atoms with Crippen molar-refractivity contribution in [3.63, 3.8) is 0 Å². The number of amides is 1. The van der Waals surface area contributed by atoms with E-state index in [0.717, 1.165) is 59.5 Å². The first kappa shape index (κ1) is 24.8. The van der Waals surface area contributed by atoms with Gasteiger partial charge >= 0.3 is 6.09 Å². The number of hydrogen-bond acceptors (Lipinski definition) is 5. The van der Waals surface area contributed by atoms with Crippen molar-refractivity contribution in [1.82, 2.24) is 19.7 Å². The Balaban J connectivity index is 1.57. The van der Waals surface area contributed by atoms with E-state index in [0.29, 0.717) is 11.5 Å². The van der Waals surface area contributed by atoms with Crippen molar-refractivity contribution in [3.05, 3.63) is 72.1 Å². The summed E-state index contributed by atoms with van der Waals surface area (Å²) < 4.78 is 13.2. The molecule has 0 unspecified atom stereocenters. The summed E-state index contributed by atoms with van der Waals surface area (Å²) >= 11 is 0. The third kappa shape index (κ3) is 4.78. The number of methoxy groups -OCH3 is 1. The molecule has 1 aliphatic rings. The van der Waals surface area contributed by atoms with Crippen LogP contribution in [0.4, 0.5) is 4.79 Å². The highest BCUT2D eigenvalue weighted by Gasteiger charge is 2.41. The Morgan fingerprint density at radius 3 is 2.30 bits per heavy atom. The zero-order chi connectivity index (χ0) is 26.2. The molecule has 7 nitrogen and oxygen atoms in total. The Hall–Kier alpha value is -3.87. The van der Waals surface area contributed by atoms with E-state index < -0.39 is 11.1 Å². The number of imidazole rings is 1. The highest BCUT2D eigenvalue weighted by atomic mass is 16.6. The number of hydrogen-bond donors (Lipinski definition) is 1. The number of nitrogens with zero attached hydrogens (tertiary/aromatic N) is 3. The molecule has 2 aromatic carbocycles. The lowest BCUT2D eigenvalue weighted by Crippen LogP contribution is -2.52. The van der Waals surface area contributed by atoms with Crippen LogP contribution in [-0.2, 0) is 16.7 Å². The molecular formula is C30H34N4O3. The van der Waals surface area contributed by atoms with E-state index in [1.807, 2.05) is 45.2 Å². The van der Waals surface area contributed by atoms with Gasteiger partial charge in [-0.25, -0.2) is 14.8 Å². The van der Waals surface area contributed by atoms with Gasteiger partial charge in [0.2, 0.25) is 5.65 Å². The molecule has 4 aromatic rings. The number of benzene rings is 2. The van der Waals surface area contributed by atoms with Gasteiger partial charge in [-0.1, -0.05) is 61.5 Å². The molecule has 0 aliphatic heterocycles. The van der Waals surface area contributed by atoms with Crippen LogP contribution in [0, 0.1) is 0 Å². The largest absolute Gasteiger partial charge is 0.478 e. The van der Waals surface area contributed by atoms with Crippen molar-refractivity contribution in [1.29, 1.82) is 0 Å². The molecule has 2 aromatic heterocycles. The van der Waals surface area contributed by atoms with Crippen molar-refractivity contribution in [2.24, 2.45) is 0 Å². The molecule has 1 fully saturated rings. The number of carbonyl (C=O) groups excluding carboxylic acids is 1. The second kappa shape index (κ2) is 9.54. The smallest absolute Gasteiger partial charge is 0.408 e. The average molecular weight is 499 g/mol. The number of aromatic nitrogens is 3. The minimum absolute atomic E-state index is 0.380. The van der Waals surface area contributed by atoms with E-state index in [9.17, 15) is 4.79 Å². The Labute approximate surface area is 217 Å². The molecule has 7 heteroatoms. The molecular weight excluding hydrogens is 464 g/mol. The third-order valence-corrected chi connectivity index (χ3v) is 6.89. The van der Waals surface area contributed by atoms with Gasteiger partial charge in [0, 0.05) is 17.3 Å². The van der Waals surface area contributed by atoms with Gasteiger partial charge in [-0.15, -0.1) is 0 Å². The van der Waals surface area contributed by atoms with Crippen LogP contribution in [-0.4, -0.2) is 33.2 Å². The minimum atomic E-state index is -0.538. The molecule has 0 atom stereocenters. The van der Waals surface area contributed by atoms with Crippen molar-refractivity contribution in [3.8, 4) is 28.4 Å². The Kier molecular flexibility index (Phi) is 6.40. The van der Waals surface area contributed by atoms with Crippen molar-refractivity contribution in [2.75, 3.05) is 7.11 Å². The van der Waals surface area contributed by atoms with Gasteiger partial charge in [-0.2, -0.15) is 0 Å². The second-order valence-electron chi connectivity index (χ2n) is 10.6. The molecule has 37 heavy (non-hydrogen) atoms. The lowest BCUT2D eigenvalue weighted by Gasteiger charge is -2.43. The predicted octanol–water partition coefficient (Wildman–Crippen LogP) is 6.54. The molecule has 0 spiro atoms. The van der Waals surface area contributed by atoms with Crippen LogP contribution >= 0.6 is 0 Å². The van der Waals surface area contributed by atoms with Crippen LogP contribution in [0.1, 0.15) is 58.2 Å². The number of nitrogens with one attached hydrogen (secondary N) is 1. The molecule has 192 valence electrons. The fraction of sp³-hybridized carbons (Fsp3) is 0.367. The molecule has 0 bridgehead atoms.